The molecule has 2 heterocycles. The highest BCUT2D eigenvalue weighted by atomic mass is 32.1. The second kappa shape index (κ2) is 7.44. The van der Waals surface area contributed by atoms with E-state index in [2.05, 4.69) is 15.6 Å². The lowest BCUT2D eigenvalue weighted by atomic mass is 10.0. The molecule has 7 heteroatoms. The van der Waals surface area contributed by atoms with Crippen LogP contribution >= 0.6 is 11.3 Å². The molecule has 0 saturated carbocycles. The molecule has 0 atom stereocenters. The number of nitrogens with one attached hydrogen (secondary N) is 2. The second-order valence-corrected chi connectivity index (χ2v) is 6.43. The molecule has 2 aromatic rings. The Labute approximate surface area is 144 Å². The number of fused-ring (bicyclic) bond motifs is 1. The third-order valence-electron chi connectivity index (χ3n) is 3.73. The molecule has 0 bridgehead atoms. The molecule has 0 fully saturated rings. The highest BCUT2D eigenvalue weighted by Crippen LogP contribution is 2.32. The van der Waals surface area contributed by atoms with Crippen molar-refractivity contribution in [3.8, 4) is 5.75 Å². The molecule has 6 nitrogen and oxygen atoms in total. The van der Waals surface area contributed by atoms with Gasteiger partial charge >= 0.3 is 0 Å². The van der Waals surface area contributed by atoms with E-state index < -0.39 is 0 Å². The van der Waals surface area contributed by atoms with Crippen molar-refractivity contribution in [1.82, 2.24) is 10.3 Å². The van der Waals surface area contributed by atoms with Gasteiger partial charge in [0.2, 0.25) is 5.91 Å². The van der Waals surface area contributed by atoms with Crippen LogP contribution in [-0.2, 0) is 29.0 Å². The molecule has 24 heavy (non-hydrogen) atoms. The molecule has 0 saturated heterocycles. The Morgan fingerprint density at radius 3 is 3.08 bits per heavy atom. The highest BCUT2D eigenvalue weighted by molar-refractivity contribution is 7.09. The van der Waals surface area contributed by atoms with Gasteiger partial charge in [-0.05, 0) is 24.5 Å². The maximum atomic E-state index is 12.0. The summed E-state index contributed by atoms with van der Waals surface area (Å²) >= 11 is 1.59. The molecule has 1 aliphatic heterocycles. The van der Waals surface area contributed by atoms with Gasteiger partial charge in [-0.25, -0.2) is 4.98 Å². The second-order valence-electron chi connectivity index (χ2n) is 5.49. The fourth-order valence-electron chi connectivity index (χ4n) is 2.47. The van der Waals surface area contributed by atoms with E-state index in [4.69, 9.17) is 4.74 Å². The van der Waals surface area contributed by atoms with E-state index in [1.165, 1.54) is 0 Å². The van der Waals surface area contributed by atoms with Crippen LogP contribution in [0.3, 0.4) is 0 Å². The van der Waals surface area contributed by atoms with Crippen LogP contribution in [0.1, 0.15) is 29.6 Å². The molecule has 2 N–H and O–H groups in total. The van der Waals surface area contributed by atoms with E-state index in [1.54, 1.807) is 17.4 Å². The summed E-state index contributed by atoms with van der Waals surface area (Å²) in [6, 6.07) is 5.58. The Bertz CT molecular complexity index is 757. The Morgan fingerprint density at radius 2 is 2.29 bits per heavy atom. The smallest absolute Gasteiger partial charge is 0.258 e. The number of nitrogens with zero attached hydrogens (tertiary/aromatic N) is 1. The number of aromatic nitrogens is 1. The monoisotopic (exact) mass is 345 g/mol. The van der Waals surface area contributed by atoms with E-state index >= 15 is 0 Å². The zero-order chi connectivity index (χ0) is 16.9. The maximum Gasteiger partial charge on any atom is 0.258 e. The Morgan fingerprint density at radius 1 is 1.42 bits per heavy atom. The Kier molecular flexibility index (Phi) is 5.10. The predicted octanol–water partition coefficient (Wildman–Crippen LogP) is 2.29. The molecule has 1 aromatic carbocycles. The zero-order valence-corrected chi connectivity index (χ0v) is 14.2. The van der Waals surface area contributed by atoms with Gasteiger partial charge in [-0.15, -0.1) is 11.3 Å². The van der Waals surface area contributed by atoms with Gasteiger partial charge in [-0.3, -0.25) is 9.59 Å². The largest absolute Gasteiger partial charge is 0.482 e. The first-order valence-corrected chi connectivity index (χ1v) is 8.78. The molecule has 3 rings (SSSR count). The minimum atomic E-state index is -0.221. The summed E-state index contributed by atoms with van der Waals surface area (Å²) in [7, 11) is 0. The average molecular weight is 345 g/mol. The normalized spacial score (nSPS) is 13.1. The van der Waals surface area contributed by atoms with E-state index in [1.807, 2.05) is 24.4 Å². The number of aryl methyl sites for hydroxylation is 2. The number of ether oxygens (including phenoxy) is 1. The lowest BCUT2D eigenvalue weighted by Crippen LogP contribution is -2.29. The van der Waals surface area contributed by atoms with Crippen molar-refractivity contribution in [2.75, 3.05) is 11.9 Å². The lowest BCUT2D eigenvalue weighted by molar-refractivity contribution is -0.123. The van der Waals surface area contributed by atoms with Gasteiger partial charge in [0.05, 0.1) is 22.9 Å². The quantitative estimate of drug-likeness (QED) is 0.842. The number of para-hydroxylation sites is 1. The molecule has 0 radical (unpaired) electrons. The summed E-state index contributed by atoms with van der Waals surface area (Å²) in [5, 5.41) is 8.61. The van der Waals surface area contributed by atoms with Crippen LogP contribution in [0.15, 0.2) is 23.6 Å². The molecule has 0 unspecified atom stereocenters. The van der Waals surface area contributed by atoms with Crippen molar-refractivity contribution >= 4 is 28.8 Å². The summed E-state index contributed by atoms with van der Waals surface area (Å²) in [4.78, 5) is 27.9. The average Bonchev–Trinajstić information content (AvgIpc) is 3.06. The maximum absolute atomic E-state index is 12.0. The van der Waals surface area contributed by atoms with Crippen LogP contribution in [0.4, 0.5) is 5.69 Å². The van der Waals surface area contributed by atoms with Crippen molar-refractivity contribution in [2.45, 2.75) is 32.7 Å². The molecule has 126 valence electrons. The third kappa shape index (κ3) is 3.91. The lowest BCUT2D eigenvalue weighted by Gasteiger charge is -2.20. The van der Waals surface area contributed by atoms with E-state index in [-0.39, 0.29) is 18.4 Å². The molecule has 1 aromatic heterocycles. The zero-order valence-electron chi connectivity index (χ0n) is 13.4. The summed E-state index contributed by atoms with van der Waals surface area (Å²) in [5.74, 6) is 0.275. The highest BCUT2D eigenvalue weighted by Gasteiger charge is 2.18. The molecule has 0 aliphatic carbocycles. The first-order valence-electron chi connectivity index (χ1n) is 7.90. The van der Waals surface area contributed by atoms with Crippen molar-refractivity contribution < 1.29 is 14.3 Å². The van der Waals surface area contributed by atoms with Crippen LogP contribution in [0.5, 0.6) is 5.75 Å². The van der Waals surface area contributed by atoms with E-state index in [0.29, 0.717) is 30.8 Å². The number of amides is 2. The molecule has 2 amide bonds. The number of hydrogen-bond acceptors (Lipinski definition) is 5. The number of carbonyl (C=O) groups is 2. The Hall–Kier alpha value is -2.41. The van der Waals surface area contributed by atoms with Crippen LogP contribution in [0.25, 0.3) is 0 Å². The van der Waals surface area contributed by atoms with Gasteiger partial charge in [-0.1, -0.05) is 19.1 Å². The molecule has 0 spiro atoms. The van der Waals surface area contributed by atoms with Crippen molar-refractivity contribution in [1.29, 1.82) is 0 Å². The number of rotatable bonds is 6. The summed E-state index contributed by atoms with van der Waals surface area (Å²) in [5.41, 5.74) is 2.56. The number of anilines is 1. The number of thiazole rings is 1. The van der Waals surface area contributed by atoms with Gasteiger partial charge in [0.25, 0.3) is 5.91 Å². The number of hydrogen-bond donors (Lipinski definition) is 2. The van der Waals surface area contributed by atoms with Crippen LogP contribution in [0.2, 0.25) is 0 Å². The van der Waals surface area contributed by atoms with Crippen LogP contribution < -0.4 is 15.4 Å². The van der Waals surface area contributed by atoms with Crippen LogP contribution in [0, 0.1) is 0 Å². The first kappa shape index (κ1) is 16.4. The fraction of sp³-hybridized carbons (Fsp3) is 0.353. The van der Waals surface area contributed by atoms with Crippen molar-refractivity contribution in [3.63, 3.8) is 0 Å². The Balaban J connectivity index is 1.54. The third-order valence-corrected chi connectivity index (χ3v) is 4.77. The van der Waals surface area contributed by atoms with Gasteiger partial charge in [-0.2, -0.15) is 0 Å². The standard InChI is InChI=1S/C17H19N3O3S/c1-2-16-19-12(10-24-16)8-18-15(22)9-23-13-5-3-4-11-6-7-14(21)20-17(11)13/h3-5,10H,2,6-9H2,1H3,(H,18,22)(H,20,21). The predicted molar refractivity (Wildman–Crippen MR) is 92.2 cm³/mol. The minimum Gasteiger partial charge on any atom is -0.482 e. The topological polar surface area (TPSA) is 80.3 Å². The summed E-state index contributed by atoms with van der Waals surface area (Å²) in [6.07, 6.45) is 2.06. The minimum absolute atomic E-state index is 0.0294. The van der Waals surface area contributed by atoms with Gasteiger partial charge in [0.1, 0.15) is 5.75 Å². The van der Waals surface area contributed by atoms with Gasteiger partial charge < -0.3 is 15.4 Å². The van der Waals surface area contributed by atoms with Gasteiger partial charge in [0.15, 0.2) is 6.61 Å². The van der Waals surface area contributed by atoms with Crippen molar-refractivity contribution in [2.24, 2.45) is 0 Å². The SMILES string of the molecule is CCc1nc(CNC(=O)COc2cccc3c2NC(=O)CC3)cs1. The molecular weight excluding hydrogens is 326 g/mol. The molecule has 1 aliphatic rings. The summed E-state index contributed by atoms with van der Waals surface area (Å²) < 4.78 is 5.58. The van der Waals surface area contributed by atoms with Gasteiger partial charge in [0, 0.05) is 11.8 Å². The summed E-state index contributed by atoms with van der Waals surface area (Å²) in [6.45, 7) is 2.34. The van der Waals surface area contributed by atoms with Crippen molar-refractivity contribution in [3.05, 3.63) is 39.8 Å². The van der Waals surface area contributed by atoms with Crippen LogP contribution in [-0.4, -0.2) is 23.4 Å². The molecular formula is C17H19N3O3S. The number of benzene rings is 1. The first-order chi connectivity index (χ1) is 11.7. The van der Waals surface area contributed by atoms with E-state index in [0.717, 1.165) is 22.7 Å². The van der Waals surface area contributed by atoms with E-state index in [9.17, 15) is 9.59 Å². The fourth-order valence-corrected chi connectivity index (χ4v) is 3.22. The number of carbonyl (C=O) groups excluding carboxylic acids is 2.